The van der Waals surface area contributed by atoms with Crippen molar-refractivity contribution in [2.45, 2.75) is 65.5 Å². The van der Waals surface area contributed by atoms with E-state index in [1.165, 1.54) is 30.4 Å². The SMILES string of the molecule is Cc1ccc(C)c(O[C@H](C)C(=O)N[C@@H](C)c2ccc3c(c2)CCCC3)c1. The predicted octanol–water partition coefficient (Wildman–Crippen LogP) is 4.83. The fourth-order valence-corrected chi connectivity index (χ4v) is 3.52. The van der Waals surface area contributed by atoms with Gasteiger partial charge < -0.3 is 10.1 Å². The summed E-state index contributed by atoms with van der Waals surface area (Å²) in [5.41, 5.74) is 6.23. The summed E-state index contributed by atoms with van der Waals surface area (Å²) in [6, 6.07) is 12.6. The number of amides is 1. The molecular weight excluding hydrogens is 322 g/mol. The number of fused-ring (bicyclic) bond motifs is 1. The van der Waals surface area contributed by atoms with E-state index in [4.69, 9.17) is 4.74 Å². The third kappa shape index (κ3) is 4.27. The molecule has 0 saturated heterocycles. The Morgan fingerprint density at radius 2 is 1.73 bits per heavy atom. The van der Waals surface area contributed by atoms with E-state index in [1.807, 2.05) is 39.0 Å². The summed E-state index contributed by atoms with van der Waals surface area (Å²) in [6.07, 6.45) is 4.34. The molecule has 1 amide bonds. The number of aryl methyl sites for hydroxylation is 4. The topological polar surface area (TPSA) is 38.3 Å². The van der Waals surface area contributed by atoms with Gasteiger partial charge in [-0.15, -0.1) is 0 Å². The van der Waals surface area contributed by atoms with Crippen LogP contribution in [-0.4, -0.2) is 12.0 Å². The van der Waals surface area contributed by atoms with Gasteiger partial charge in [-0.3, -0.25) is 4.79 Å². The van der Waals surface area contributed by atoms with Crippen molar-refractivity contribution in [2.75, 3.05) is 0 Å². The minimum atomic E-state index is -0.532. The van der Waals surface area contributed by atoms with Crippen LogP contribution in [0.15, 0.2) is 36.4 Å². The number of nitrogens with one attached hydrogen (secondary N) is 1. The van der Waals surface area contributed by atoms with Gasteiger partial charge in [-0.05, 0) is 87.3 Å². The lowest BCUT2D eigenvalue weighted by molar-refractivity contribution is -0.127. The molecule has 0 fully saturated rings. The highest BCUT2D eigenvalue weighted by Crippen LogP contribution is 2.25. The van der Waals surface area contributed by atoms with Crippen LogP contribution in [0.5, 0.6) is 5.75 Å². The summed E-state index contributed by atoms with van der Waals surface area (Å²) < 4.78 is 5.90. The van der Waals surface area contributed by atoms with Crippen molar-refractivity contribution in [1.82, 2.24) is 5.32 Å². The molecule has 3 heteroatoms. The highest BCUT2D eigenvalue weighted by molar-refractivity contribution is 5.81. The van der Waals surface area contributed by atoms with E-state index in [1.54, 1.807) is 6.92 Å². The maximum absolute atomic E-state index is 12.6. The van der Waals surface area contributed by atoms with Crippen LogP contribution in [0, 0.1) is 13.8 Å². The molecule has 2 aromatic carbocycles. The van der Waals surface area contributed by atoms with E-state index in [2.05, 4.69) is 23.5 Å². The van der Waals surface area contributed by atoms with E-state index in [9.17, 15) is 4.79 Å². The van der Waals surface area contributed by atoms with Gasteiger partial charge in [-0.2, -0.15) is 0 Å². The van der Waals surface area contributed by atoms with Gasteiger partial charge in [0, 0.05) is 0 Å². The summed E-state index contributed by atoms with van der Waals surface area (Å²) >= 11 is 0. The average molecular weight is 351 g/mol. The van der Waals surface area contributed by atoms with Crippen molar-refractivity contribution < 1.29 is 9.53 Å². The van der Waals surface area contributed by atoms with Crippen LogP contribution in [-0.2, 0) is 17.6 Å². The van der Waals surface area contributed by atoms with E-state index >= 15 is 0 Å². The van der Waals surface area contributed by atoms with E-state index in [-0.39, 0.29) is 11.9 Å². The van der Waals surface area contributed by atoms with Crippen molar-refractivity contribution in [3.63, 3.8) is 0 Å². The quantitative estimate of drug-likeness (QED) is 0.838. The first-order valence-electron chi connectivity index (χ1n) is 9.60. The molecule has 0 heterocycles. The summed E-state index contributed by atoms with van der Waals surface area (Å²) in [5.74, 6) is 0.685. The Morgan fingerprint density at radius 1 is 1.00 bits per heavy atom. The van der Waals surface area contributed by atoms with Crippen molar-refractivity contribution in [3.05, 3.63) is 64.2 Å². The summed E-state index contributed by atoms with van der Waals surface area (Å²) in [7, 11) is 0. The highest BCUT2D eigenvalue weighted by atomic mass is 16.5. The standard InChI is InChI=1S/C23H29NO2/c1-15-9-10-16(2)22(13-15)26-18(4)23(25)24-17(3)20-12-11-19-7-5-6-8-21(19)14-20/h9-14,17-18H,5-8H2,1-4H3,(H,24,25)/t17-,18+/m0/s1. The third-order valence-electron chi connectivity index (χ3n) is 5.25. The first-order chi connectivity index (χ1) is 12.4. The molecular formula is C23H29NO2. The molecule has 3 nitrogen and oxygen atoms in total. The van der Waals surface area contributed by atoms with E-state index < -0.39 is 6.10 Å². The first-order valence-corrected chi connectivity index (χ1v) is 9.60. The lowest BCUT2D eigenvalue weighted by Crippen LogP contribution is -2.38. The van der Waals surface area contributed by atoms with Crippen LogP contribution in [0.25, 0.3) is 0 Å². The van der Waals surface area contributed by atoms with Gasteiger partial charge in [0.2, 0.25) is 0 Å². The van der Waals surface area contributed by atoms with Crippen molar-refractivity contribution >= 4 is 5.91 Å². The van der Waals surface area contributed by atoms with Crippen LogP contribution < -0.4 is 10.1 Å². The Balaban J connectivity index is 1.64. The Labute approximate surface area is 156 Å². The lowest BCUT2D eigenvalue weighted by atomic mass is 9.89. The molecule has 0 unspecified atom stereocenters. The van der Waals surface area contributed by atoms with E-state index in [0.717, 1.165) is 28.9 Å². The molecule has 0 bridgehead atoms. The number of carbonyl (C=O) groups excluding carboxylic acids is 1. The fraction of sp³-hybridized carbons (Fsp3) is 0.435. The van der Waals surface area contributed by atoms with Crippen molar-refractivity contribution in [2.24, 2.45) is 0 Å². The largest absolute Gasteiger partial charge is 0.481 e. The number of benzene rings is 2. The summed E-state index contributed by atoms with van der Waals surface area (Å²) in [4.78, 5) is 12.6. The molecule has 2 aromatic rings. The highest BCUT2D eigenvalue weighted by Gasteiger charge is 2.19. The molecule has 1 aliphatic carbocycles. The number of hydrogen-bond donors (Lipinski definition) is 1. The van der Waals surface area contributed by atoms with Crippen LogP contribution in [0.2, 0.25) is 0 Å². The second kappa shape index (κ2) is 7.94. The Morgan fingerprint density at radius 3 is 2.50 bits per heavy atom. The molecule has 0 spiro atoms. The zero-order valence-electron chi connectivity index (χ0n) is 16.3. The maximum Gasteiger partial charge on any atom is 0.261 e. The van der Waals surface area contributed by atoms with Gasteiger partial charge in [0.15, 0.2) is 6.10 Å². The first kappa shape index (κ1) is 18.5. The molecule has 0 aliphatic heterocycles. The van der Waals surface area contributed by atoms with Gasteiger partial charge in [0.05, 0.1) is 6.04 Å². The molecule has 26 heavy (non-hydrogen) atoms. The Kier molecular flexibility index (Phi) is 5.65. The van der Waals surface area contributed by atoms with Crippen LogP contribution in [0.3, 0.4) is 0 Å². The minimum absolute atomic E-state index is 0.0283. The monoisotopic (exact) mass is 351 g/mol. The number of carbonyl (C=O) groups is 1. The lowest BCUT2D eigenvalue weighted by Gasteiger charge is -2.22. The van der Waals surface area contributed by atoms with Crippen LogP contribution in [0.4, 0.5) is 0 Å². The van der Waals surface area contributed by atoms with Crippen molar-refractivity contribution in [1.29, 1.82) is 0 Å². The zero-order chi connectivity index (χ0) is 18.7. The van der Waals surface area contributed by atoms with Crippen LogP contribution in [0.1, 0.15) is 60.5 Å². The van der Waals surface area contributed by atoms with Gasteiger partial charge in [0.25, 0.3) is 5.91 Å². The van der Waals surface area contributed by atoms with E-state index in [0.29, 0.717) is 0 Å². The third-order valence-corrected chi connectivity index (χ3v) is 5.25. The number of ether oxygens (including phenoxy) is 1. The Hall–Kier alpha value is -2.29. The number of rotatable bonds is 5. The van der Waals surface area contributed by atoms with Crippen molar-refractivity contribution in [3.8, 4) is 5.75 Å². The zero-order valence-corrected chi connectivity index (χ0v) is 16.3. The minimum Gasteiger partial charge on any atom is -0.481 e. The normalized spacial score (nSPS) is 15.7. The van der Waals surface area contributed by atoms with Crippen LogP contribution >= 0.6 is 0 Å². The molecule has 1 aliphatic rings. The van der Waals surface area contributed by atoms with Gasteiger partial charge >= 0.3 is 0 Å². The van der Waals surface area contributed by atoms with Gasteiger partial charge in [0.1, 0.15) is 5.75 Å². The molecule has 1 N–H and O–H groups in total. The molecule has 2 atom stereocenters. The second-order valence-electron chi connectivity index (χ2n) is 7.49. The maximum atomic E-state index is 12.6. The number of hydrogen-bond acceptors (Lipinski definition) is 2. The Bertz CT molecular complexity index is 797. The summed E-state index contributed by atoms with van der Waals surface area (Å²) in [6.45, 7) is 7.86. The average Bonchev–Trinajstić information content (AvgIpc) is 2.64. The summed E-state index contributed by atoms with van der Waals surface area (Å²) in [5, 5.41) is 3.09. The molecule has 3 rings (SSSR count). The molecule has 0 radical (unpaired) electrons. The fourth-order valence-electron chi connectivity index (χ4n) is 3.52. The molecule has 138 valence electrons. The van der Waals surface area contributed by atoms with Gasteiger partial charge in [-0.1, -0.05) is 30.3 Å². The predicted molar refractivity (Wildman–Crippen MR) is 106 cm³/mol. The molecule has 0 saturated carbocycles. The second-order valence-corrected chi connectivity index (χ2v) is 7.49. The smallest absolute Gasteiger partial charge is 0.261 e. The van der Waals surface area contributed by atoms with Gasteiger partial charge in [-0.25, -0.2) is 0 Å². The molecule has 0 aromatic heterocycles.